The van der Waals surface area contributed by atoms with E-state index in [-0.39, 0.29) is 19.0 Å². The molecule has 0 unspecified atom stereocenters. The molecule has 0 atom stereocenters. The molecule has 0 N–H and O–H groups in total. The van der Waals surface area contributed by atoms with Crippen molar-refractivity contribution in [3.63, 3.8) is 0 Å². The van der Waals surface area contributed by atoms with E-state index in [9.17, 15) is 4.79 Å². The Morgan fingerprint density at radius 3 is 3.08 bits per heavy atom. The van der Waals surface area contributed by atoms with Crippen LogP contribution in [0, 0.1) is 12.3 Å². The van der Waals surface area contributed by atoms with Gasteiger partial charge in [-0.25, -0.2) is 0 Å². The molecule has 5 nitrogen and oxygen atoms in total. The van der Waals surface area contributed by atoms with Crippen LogP contribution in [-0.2, 0) is 9.53 Å². The highest BCUT2D eigenvalue weighted by atomic mass is 16.5. The molecule has 0 aliphatic rings. The third kappa shape index (κ3) is 8.24. The SMILES string of the molecule is C#CCCC(=O)OCCCN=[N+]=[N-]. The van der Waals surface area contributed by atoms with Crippen molar-refractivity contribution in [1.29, 1.82) is 0 Å². The quantitative estimate of drug-likeness (QED) is 0.156. The van der Waals surface area contributed by atoms with Crippen LogP contribution >= 0.6 is 0 Å². The molecule has 5 heteroatoms. The zero-order valence-corrected chi connectivity index (χ0v) is 7.27. The number of rotatable bonds is 6. The van der Waals surface area contributed by atoms with Crippen molar-refractivity contribution in [1.82, 2.24) is 0 Å². The van der Waals surface area contributed by atoms with Gasteiger partial charge in [-0.3, -0.25) is 4.79 Å². The van der Waals surface area contributed by atoms with Gasteiger partial charge in [-0.2, -0.15) is 0 Å². The highest BCUT2D eigenvalue weighted by Gasteiger charge is 1.99. The second kappa shape index (κ2) is 8.44. The van der Waals surface area contributed by atoms with Gasteiger partial charge in [0.15, 0.2) is 0 Å². The van der Waals surface area contributed by atoms with E-state index >= 15 is 0 Å². The van der Waals surface area contributed by atoms with E-state index in [4.69, 9.17) is 16.7 Å². The van der Waals surface area contributed by atoms with E-state index < -0.39 is 0 Å². The molecular weight excluding hydrogens is 170 g/mol. The van der Waals surface area contributed by atoms with E-state index in [1.807, 2.05) is 0 Å². The molecule has 0 heterocycles. The molecule has 0 aromatic carbocycles. The van der Waals surface area contributed by atoms with Gasteiger partial charge in [-0.15, -0.1) is 12.3 Å². The van der Waals surface area contributed by atoms with Gasteiger partial charge in [0, 0.05) is 17.9 Å². The minimum atomic E-state index is -0.307. The fraction of sp³-hybridized carbons (Fsp3) is 0.625. The van der Waals surface area contributed by atoms with E-state index in [2.05, 4.69) is 15.9 Å². The molecule has 0 saturated heterocycles. The van der Waals surface area contributed by atoms with Crippen LogP contribution in [-0.4, -0.2) is 19.1 Å². The summed E-state index contributed by atoms with van der Waals surface area (Å²) in [5, 5.41) is 3.29. The van der Waals surface area contributed by atoms with Gasteiger partial charge in [-0.05, 0) is 12.0 Å². The number of terminal acetylenes is 1. The zero-order chi connectivity index (χ0) is 9.94. The highest BCUT2D eigenvalue weighted by Crippen LogP contribution is 1.92. The Morgan fingerprint density at radius 1 is 1.69 bits per heavy atom. The Kier molecular flexibility index (Phi) is 7.36. The molecule has 0 spiro atoms. The largest absolute Gasteiger partial charge is 0.466 e. The average Bonchev–Trinajstić information content (AvgIpc) is 2.14. The summed E-state index contributed by atoms with van der Waals surface area (Å²) < 4.78 is 4.77. The topological polar surface area (TPSA) is 75.1 Å². The summed E-state index contributed by atoms with van der Waals surface area (Å²) in [6, 6.07) is 0. The Bertz CT molecular complexity index is 238. The van der Waals surface area contributed by atoms with Gasteiger partial charge < -0.3 is 4.74 Å². The molecule has 0 aliphatic carbocycles. The molecule has 0 fully saturated rings. The summed E-state index contributed by atoms with van der Waals surface area (Å²) in [7, 11) is 0. The number of hydrogen-bond donors (Lipinski definition) is 0. The minimum Gasteiger partial charge on any atom is -0.466 e. The number of ether oxygens (including phenoxy) is 1. The van der Waals surface area contributed by atoms with Crippen molar-refractivity contribution in [3.05, 3.63) is 10.4 Å². The Balaban J connectivity index is 3.27. The second-order valence-electron chi connectivity index (χ2n) is 2.23. The Morgan fingerprint density at radius 2 is 2.46 bits per heavy atom. The minimum absolute atomic E-state index is 0.248. The Hall–Kier alpha value is -1.66. The predicted molar refractivity (Wildman–Crippen MR) is 47.7 cm³/mol. The average molecular weight is 181 g/mol. The van der Waals surface area contributed by atoms with Crippen LogP contribution in [0.2, 0.25) is 0 Å². The first-order chi connectivity index (χ1) is 6.31. The summed E-state index contributed by atoms with van der Waals surface area (Å²) in [6.45, 7) is 0.626. The summed E-state index contributed by atoms with van der Waals surface area (Å²) in [5.74, 6) is 2.04. The van der Waals surface area contributed by atoms with Gasteiger partial charge in [0.05, 0.1) is 13.0 Å². The highest BCUT2D eigenvalue weighted by molar-refractivity contribution is 5.69. The number of nitrogens with zero attached hydrogens (tertiary/aromatic N) is 3. The number of hydrogen-bond acceptors (Lipinski definition) is 3. The van der Waals surface area contributed by atoms with E-state index in [0.717, 1.165) is 0 Å². The summed E-state index contributed by atoms with van der Waals surface area (Å²) in [4.78, 5) is 13.4. The molecule has 0 aromatic heterocycles. The Labute approximate surface area is 76.7 Å². The molecule has 0 radical (unpaired) electrons. The maximum atomic E-state index is 10.8. The fourth-order valence-corrected chi connectivity index (χ4v) is 0.612. The first-order valence-corrected chi connectivity index (χ1v) is 3.91. The van der Waals surface area contributed by atoms with Crippen LogP contribution in [0.1, 0.15) is 19.3 Å². The van der Waals surface area contributed by atoms with Gasteiger partial charge in [0.1, 0.15) is 0 Å². The third-order valence-corrected chi connectivity index (χ3v) is 1.20. The maximum Gasteiger partial charge on any atom is 0.306 e. The molecule has 70 valence electrons. The molecule has 0 aliphatic heterocycles. The molecule has 0 aromatic rings. The number of carbonyl (C=O) groups is 1. The second-order valence-corrected chi connectivity index (χ2v) is 2.23. The van der Waals surface area contributed by atoms with Crippen molar-refractivity contribution in [3.8, 4) is 12.3 Å². The maximum absolute atomic E-state index is 10.8. The smallest absolute Gasteiger partial charge is 0.306 e. The lowest BCUT2D eigenvalue weighted by Gasteiger charge is -2.00. The van der Waals surface area contributed by atoms with Crippen molar-refractivity contribution in [2.75, 3.05) is 13.2 Å². The van der Waals surface area contributed by atoms with Crippen LogP contribution in [0.25, 0.3) is 10.4 Å². The van der Waals surface area contributed by atoms with Gasteiger partial charge in [-0.1, -0.05) is 5.11 Å². The molecule has 0 amide bonds. The van der Waals surface area contributed by atoms with E-state index in [1.54, 1.807) is 0 Å². The van der Waals surface area contributed by atoms with E-state index in [0.29, 0.717) is 19.4 Å². The molecular formula is C8H11N3O2. The summed E-state index contributed by atoms with van der Waals surface area (Å²) in [6.07, 6.45) is 6.15. The first kappa shape index (κ1) is 11.3. The van der Waals surface area contributed by atoms with Crippen molar-refractivity contribution in [2.24, 2.45) is 5.11 Å². The van der Waals surface area contributed by atoms with Crippen LogP contribution in [0.3, 0.4) is 0 Å². The van der Waals surface area contributed by atoms with E-state index in [1.165, 1.54) is 0 Å². The van der Waals surface area contributed by atoms with Gasteiger partial charge in [0.2, 0.25) is 0 Å². The lowest BCUT2D eigenvalue weighted by atomic mass is 10.3. The third-order valence-electron chi connectivity index (χ3n) is 1.20. The monoisotopic (exact) mass is 181 g/mol. The normalized spacial score (nSPS) is 8.23. The van der Waals surface area contributed by atoms with Crippen LogP contribution in [0.15, 0.2) is 5.11 Å². The van der Waals surface area contributed by atoms with Crippen LogP contribution < -0.4 is 0 Å². The summed E-state index contributed by atoms with van der Waals surface area (Å²) >= 11 is 0. The zero-order valence-electron chi connectivity index (χ0n) is 7.27. The fourth-order valence-electron chi connectivity index (χ4n) is 0.612. The van der Waals surface area contributed by atoms with Gasteiger partial charge >= 0.3 is 5.97 Å². The molecule has 0 saturated carbocycles. The van der Waals surface area contributed by atoms with Gasteiger partial charge in [0.25, 0.3) is 0 Å². The molecule has 0 rings (SSSR count). The first-order valence-electron chi connectivity index (χ1n) is 3.91. The standard InChI is InChI=1S/C8H11N3O2/c1-2-3-5-8(12)13-7-4-6-10-11-9/h1H,3-7H2. The number of carbonyl (C=O) groups excluding carboxylic acids is 1. The molecule has 13 heavy (non-hydrogen) atoms. The molecule has 0 bridgehead atoms. The summed E-state index contributed by atoms with van der Waals surface area (Å²) in [5.41, 5.74) is 7.92. The number of azide groups is 1. The van der Waals surface area contributed by atoms with Crippen molar-refractivity contribution in [2.45, 2.75) is 19.3 Å². The van der Waals surface area contributed by atoms with Crippen molar-refractivity contribution < 1.29 is 9.53 Å². The predicted octanol–water partition coefficient (Wildman–Crippen LogP) is 1.64. The van der Waals surface area contributed by atoms with Crippen molar-refractivity contribution >= 4 is 5.97 Å². The lowest BCUT2D eigenvalue weighted by Crippen LogP contribution is -2.05. The van der Waals surface area contributed by atoms with Crippen LogP contribution in [0.4, 0.5) is 0 Å². The van der Waals surface area contributed by atoms with Crippen LogP contribution in [0.5, 0.6) is 0 Å². The number of esters is 1. The lowest BCUT2D eigenvalue weighted by molar-refractivity contribution is -0.143.